The summed E-state index contributed by atoms with van der Waals surface area (Å²) in [5.41, 5.74) is 3.14. The van der Waals surface area contributed by atoms with Crippen LogP contribution in [-0.4, -0.2) is 39.2 Å². The van der Waals surface area contributed by atoms with Gasteiger partial charge in [0.1, 0.15) is 6.04 Å². The van der Waals surface area contributed by atoms with Crippen LogP contribution in [0.3, 0.4) is 0 Å². The van der Waals surface area contributed by atoms with Crippen molar-refractivity contribution in [2.75, 3.05) is 11.4 Å². The van der Waals surface area contributed by atoms with Gasteiger partial charge in [0, 0.05) is 40.4 Å². The maximum atomic E-state index is 12.7. The summed E-state index contributed by atoms with van der Waals surface area (Å²) in [6.45, 7) is 0.689. The number of allylic oxidation sites excluding steroid dienone is 2. The number of para-hydroxylation sites is 1. The number of halogens is 2. The lowest BCUT2D eigenvalue weighted by Gasteiger charge is -2.49. The molecule has 0 unspecified atom stereocenters. The highest BCUT2D eigenvalue weighted by molar-refractivity contribution is 8.00. The van der Waals surface area contributed by atoms with Crippen molar-refractivity contribution >= 4 is 52.3 Å². The van der Waals surface area contributed by atoms with Crippen molar-refractivity contribution in [2.24, 2.45) is 11.8 Å². The molecule has 0 bridgehead atoms. The summed E-state index contributed by atoms with van der Waals surface area (Å²) in [6.07, 6.45) is 5.89. The lowest BCUT2D eigenvalue weighted by molar-refractivity contribution is -0.387. The predicted octanol–water partition coefficient (Wildman–Crippen LogP) is 6.07. The highest BCUT2D eigenvalue weighted by Crippen LogP contribution is 2.60. The van der Waals surface area contributed by atoms with Crippen molar-refractivity contribution in [3.63, 3.8) is 0 Å². The van der Waals surface area contributed by atoms with Crippen LogP contribution in [0.15, 0.2) is 53.4 Å². The van der Waals surface area contributed by atoms with Crippen molar-refractivity contribution in [3.05, 3.63) is 74.8 Å². The van der Waals surface area contributed by atoms with Crippen LogP contribution in [-0.2, 0) is 4.79 Å². The second-order valence-electron chi connectivity index (χ2n) is 9.57. The van der Waals surface area contributed by atoms with Gasteiger partial charge in [-0.3, -0.25) is 10.1 Å². The fourth-order valence-corrected chi connectivity index (χ4v) is 8.78. The number of nitro groups is 1. The summed E-state index contributed by atoms with van der Waals surface area (Å²) < 4.78 is 0. The molecule has 7 atom stereocenters. The molecule has 0 spiro atoms. The number of fused-ring (bicyclic) bond motifs is 4. The topological polar surface area (TPSA) is 83.7 Å². The second kappa shape index (κ2) is 8.18. The van der Waals surface area contributed by atoms with Crippen molar-refractivity contribution in [1.82, 2.24) is 0 Å². The number of nitrogens with zero attached hydrogens (tertiary/aromatic N) is 2. The van der Waals surface area contributed by atoms with E-state index in [4.69, 9.17) is 23.2 Å². The van der Waals surface area contributed by atoms with Gasteiger partial charge in [0.25, 0.3) is 5.69 Å². The number of rotatable bonds is 4. The molecule has 1 fully saturated rings. The number of alkyl halides is 1. The van der Waals surface area contributed by atoms with E-state index in [0.29, 0.717) is 28.8 Å². The van der Waals surface area contributed by atoms with Crippen LogP contribution in [0.25, 0.3) is 0 Å². The maximum Gasteiger partial charge on any atom is 0.326 e. The third-order valence-corrected chi connectivity index (χ3v) is 10.2. The minimum Gasteiger partial charge on any atom is -0.480 e. The Kier molecular flexibility index (Phi) is 5.35. The third kappa shape index (κ3) is 3.28. The number of nitro benzene ring substituents is 1. The van der Waals surface area contributed by atoms with Crippen LogP contribution in [0, 0.1) is 22.0 Å². The Hall–Kier alpha value is -2.22. The van der Waals surface area contributed by atoms with Gasteiger partial charge in [-0.25, -0.2) is 4.79 Å². The summed E-state index contributed by atoms with van der Waals surface area (Å²) in [7, 11) is 0. The zero-order valence-corrected chi connectivity index (χ0v) is 20.3. The monoisotopic (exact) mass is 516 g/mol. The zero-order valence-electron chi connectivity index (χ0n) is 18.0. The molecule has 1 N–H and O–H groups in total. The molecule has 2 aliphatic heterocycles. The number of carboxylic acid groups (broad SMARTS) is 1. The highest BCUT2D eigenvalue weighted by atomic mass is 35.5. The molecule has 0 amide bonds. The minimum atomic E-state index is -0.842. The van der Waals surface area contributed by atoms with E-state index in [1.54, 1.807) is 18.2 Å². The molecule has 176 valence electrons. The lowest BCUT2D eigenvalue weighted by Crippen LogP contribution is -2.55. The lowest BCUT2D eigenvalue weighted by atomic mass is 9.72. The normalized spacial score (nSPS) is 32.8. The first-order valence-electron chi connectivity index (χ1n) is 11.4. The van der Waals surface area contributed by atoms with Gasteiger partial charge in [0.2, 0.25) is 0 Å². The molecule has 2 aliphatic carbocycles. The number of benzene rings is 2. The number of hydrogen-bond acceptors (Lipinski definition) is 5. The minimum absolute atomic E-state index is 0.0471. The third-order valence-electron chi connectivity index (χ3n) is 7.86. The summed E-state index contributed by atoms with van der Waals surface area (Å²) in [5.74, 6) is -0.658. The highest BCUT2D eigenvalue weighted by Gasteiger charge is 2.56. The molecule has 6 nitrogen and oxygen atoms in total. The molecule has 6 rings (SSSR count). The van der Waals surface area contributed by atoms with Crippen LogP contribution in [0.4, 0.5) is 11.4 Å². The van der Waals surface area contributed by atoms with Crippen LogP contribution in [0.1, 0.15) is 35.8 Å². The molecule has 9 heteroatoms. The molecule has 1 saturated carbocycles. The number of hydrogen-bond donors (Lipinski definition) is 1. The zero-order chi connectivity index (χ0) is 23.7. The van der Waals surface area contributed by atoms with Crippen LogP contribution < -0.4 is 4.90 Å². The number of anilines is 1. The number of carbonyl (C=O) groups is 1. The molecule has 4 aliphatic rings. The quantitative estimate of drug-likeness (QED) is 0.230. The molecule has 2 aromatic rings. The average Bonchev–Trinajstić information content (AvgIpc) is 3.38. The first kappa shape index (κ1) is 22.3. The van der Waals surface area contributed by atoms with E-state index in [1.165, 1.54) is 17.8 Å². The van der Waals surface area contributed by atoms with Gasteiger partial charge in [-0.15, -0.1) is 23.4 Å². The van der Waals surface area contributed by atoms with Gasteiger partial charge in [-0.05, 0) is 54.0 Å². The second-order valence-corrected chi connectivity index (χ2v) is 11.8. The van der Waals surface area contributed by atoms with E-state index in [-0.39, 0.29) is 39.0 Å². The smallest absolute Gasteiger partial charge is 0.326 e. The van der Waals surface area contributed by atoms with Gasteiger partial charge >= 0.3 is 5.97 Å². The summed E-state index contributed by atoms with van der Waals surface area (Å²) >= 11 is 15.1. The number of aliphatic carboxylic acids is 1. The molecule has 0 aromatic heterocycles. The van der Waals surface area contributed by atoms with Crippen LogP contribution in [0.2, 0.25) is 5.02 Å². The molecular weight excluding hydrogens is 495 g/mol. The first-order valence-corrected chi connectivity index (χ1v) is 13.1. The van der Waals surface area contributed by atoms with E-state index in [0.717, 1.165) is 23.2 Å². The van der Waals surface area contributed by atoms with Crippen molar-refractivity contribution in [1.29, 1.82) is 0 Å². The molecular formula is C25H22Cl2N2O4S. The Bertz CT molecular complexity index is 1240. The molecule has 2 aromatic carbocycles. The molecule has 0 radical (unpaired) electrons. The summed E-state index contributed by atoms with van der Waals surface area (Å²) in [4.78, 5) is 26.5. The largest absolute Gasteiger partial charge is 0.480 e. The average molecular weight is 517 g/mol. The summed E-state index contributed by atoms with van der Waals surface area (Å²) in [5, 5.41) is 22.0. The Labute approximate surface area is 211 Å². The predicted molar refractivity (Wildman–Crippen MR) is 133 cm³/mol. The van der Waals surface area contributed by atoms with Gasteiger partial charge in [-0.1, -0.05) is 35.9 Å². The van der Waals surface area contributed by atoms with E-state index >= 15 is 0 Å². The van der Waals surface area contributed by atoms with Gasteiger partial charge in [-0.2, -0.15) is 0 Å². The van der Waals surface area contributed by atoms with Crippen molar-refractivity contribution < 1.29 is 14.8 Å². The SMILES string of the molecule is O=C(O)[C@@H]1[C@@H]2C[C@H](Sc3ccccc3[N+](=O)[O-])[C@@H](Cl)[C@H]2c2cc(Cl)cc3c2N1C[C@H]1CC=C[C@H]31. The Morgan fingerprint density at radius 1 is 1.24 bits per heavy atom. The number of carboxylic acids is 1. The van der Waals surface area contributed by atoms with E-state index in [1.807, 2.05) is 12.1 Å². The Balaban J connectivity index is 1.45. The van der Waals surface area contributed by atoms with E-state index in [9.17, 15) is 20.0 Å². The first-order chi connectivity index (χ1) is 16.3. The van der Waals surface area contributed by atoms with E-state index < -0.39 is 12.0 Å². The van der Waals surface area contributed by atoms with Crippen LogP contribution >= 0.6 is 35.0 Å². The Morgan fingerprint density at radius 2 is 2.00 bits per heavy atom. The van der Waals surface area contributed by atoms with Gasteiger partial charge in [0.15, 0.2) is 0 Å². The summed E-state index contributed by atoms with van der Waals surface area (Å²) in [6, 6.07) is 9.90. The van der Waals surface area contributed by atoms with Gasteiger partial charge < -0.3 is 10.0 Å². The van der Waals surface area contributed by atoms with Crippen molar-refractivity contribution in [3.8, 4) is 0 Å². The van der Waals surface area contributed by atoms with Crippen LogP contribution in [0.5, 0.6) is 0 Å². The maximum absolute atomic E-state index is 12.7. The molecule has 34 heavy (non-hydrogen) atoms. The van der Waals surface area contributed by atoms with E-state index in [2.05, 4.69) is 17.1 Å². The fraction of sp³-hybridized carbons (Fsp3) is 0.400. The number of thioether (sulfide) groups is 1. The van der Waals surface area contributed by atoms with Gasteiger partial charge in [0.05, 0.1) is 15.2 Å². The molecule has 2 heterocycles. The molecule has 0 saturated heterocycles. The fourth-order valence-electron chi connectivity index (χ4n) is 6.60. The Morgan fingerprint density at radius 3 is 2.76 bits per heavy atom. The van der Waals surface area contributed by atoms with Crippen molar-refractivity contribution in [2.45, 2.75) is 46.2 Å². The standard InChI is InChI=1S/C25H22Cl2N2O4S/c26-13-8-15-14-5-3-4-12(14)11-28-23(15)16(9-13)21-17(24(28)25(30)31)10-20(22(21)27)34-19-7-2-1-6-18(19)29(32)33/h1-3,5-9,12,14,17,20-22,24H,4,10-11H2,(H,30,31)/t12-,14+,17-,20+,21+,22-,24+/m1/s1.